The van der Waals surface area contributed by atoms with Gasteiger partial charge in [-0.05, 0) is 31.6 Å². The van der Waals surface area contributed by atoms with Crippen molar-refractivity contribution in [3.05, 3.63) is 12.4 Å². The molecule has 1 aromatic heterocycles. The highest BCUT2D eigenvalue weighted by Gasteiger charge is 2.30. The summed E-state index contributed by atoms with van der Waals surface area (Å²) in [4.78, 5) is 16.7. The molecule has 6 nitrogen and oxygen atoms in total. The van der Waals surface area contributed by atoms with Crippen LogP contribution in [0.15, 0.2) is 12.4 Å². The summed E-state index contributed by atoms with van der Waals surface area (Å²) in [5, 5.41) is 7.88. The number of hydrogen-bond donors (Lipinski definition) is 0. The number of carbonyl (C=O) groups is 1. The van der Waals surface area contributed by atoms with Crippen molar-refractivity contribution in [1.29, 1.82) is 0 Å². The van der Waals surface area contributed by atoms with E-state index in [1.807, 2.05) is 27.7 Å². The van der Waals surface area contributed by atoms with E-state index in [2.05, 4.69) is 10.3 Å². The molecule has 1 atom stereocenters. The number of rotatable bonds is 3. The molecular formula is C15H25N5O. The Morgan fingerprint density at radius 2 is 2.10 bits per heavy atom. The molecule has 2 amide bonds. The molecule has 2 aliphatic rings. The van der Waals surface area contributed by atoms with Crippen molar-refractivity contribution in [3.63, 3.8) is 0 Å². The first-order valence-corrected chi connectivity index (χ1v) is 8.10. The van der Waals surface area contributed by atoms with Gasteiger partial charge in [-0.2, -0.15) is 0 Å². The number of urea groups is 1. The molecule has 1 aliphatic heterocycles. The molecule has 2 fully saturated rings. The zero-order valence-corrected chi connectivity index (χ0v) is 12.8. The summed E-state index contributed by atoms with van der Waals surface area (Å²) in [5.74, 6) is 0.487. The minimum Gasteiger partial charge on any atom is -0.325 e. The SMILES string of the molecule is CN(C(=O)N1CCCC(Cn2ccnn2)C1)C1CCCC1. The van der Waals surface area contributed by atoms with E-state index in [0.717, 1.165) is 32.5 Å². The third-order valence-electron chi connectivity index (χ3n) is 4.88. The van der Waals surface area contributed by atoms with E-state index < -0.39 is 0 Å². The van der Waals surface area contributed by atoms with Crippen LogP contribution < -0.4 is 0 Å². The maximum absolute atomic E-state index is 12.7. The van der Waals surface area contributed by atoms with Crippen LogP contribution in [0, 0.1) is 5.92 Å². The first-order chi connectivity index (χ1) is 10.2. The number of likely N-dealkylation sites (tertiary alicyclic amines) is 1. The van der Waals surface area contributed by atoms with Gasteiger partial charge in [0.1, 0.15) is 0 Å². The highest BCUT2D eigenvalue weighted by atomic mass is 16.2. The molecular weight excluding hydrogens is 266 g/mol. The second-order valence-corrected chi connectivity index (χ2v) is 6.41. The van der Waals surface area contributed by atoms with Crippen LogP contribution in [0.25, 0.3) is 0 Å². The Kier molecular flexibility index (Phi) is 4.41. The average molecular weight is 291 g/mol. The number of amides is 2. The number of nitrogens with zero attached hydrogens (tertiary/aromatic N) is 5. The van der Waals surface area contributed by atoms with Crippen molar-refractivity contribution in [1.82, 2.24) is 24.8 Å². The summed E-state index contributed by atoms with van der Waals surface area (Å²) < 4.78 is 1.87. The minimum absolute atomic E-state index is 0.213. The predicted octanol–water partition coefficient (Wildman–Crippen LogP) is 1.98. The lowest BCUT2D eigenvalue weighted by atomic mass is 9.98. The van der Waals surface area contributed by atoms with E-state index in [-0.39, 0.29) is 6.03 Å². The summed E-state index contributed by atoms with van der Waals surface area (Å²) in [6.45, 7) is 2.59. The van der Waals surface area contributed by atoms with Gasteiger partial charge in [0.25, 0.3) is 0 Å². The molecule has 0 spiro atoms. The first-order valence-electron chi connectivity index (χ1n) is 8.10. The molecule has 0 aromatic carbocycles. The van der Waals surface area contributed by atoms with Crippen LogP contribution >= 0.6 is 0 Å². The van der Waals surface area contributed by atoms with Crippen molar-refractivity contribution in [3.8, 4) is 0 Å². The van der Waals surface area contributed by atoms with Gasteiger partial charge < -0.3 is 9.80 Å². The van der Waals surface area contributed by atoms with Gasteiger partial charge in [0, 0.05) is 38.9 Å². The third kappa shape index (κ3) is 3.36. The summed E-state index contributed by atoms with van der Waals surface area (Å²) in [5.41, 5.74) is 0. The summed E-state index contributed by atoms with van der Waals surface area (Å²) in [6.07, 6.45) is 10.7. The lowest BCUT2D eigenvalue weighted by Gasteiger charge is -2.37. The largest absolute Gasteiger partial charge is 0.325 e. The maximum atomic E-state index is 12.7. The fourth-order valence-electron chi connectivity index (χ4n) is 3.65. The van der Waals surface area contributed by atoms with Crippen molar-refractivity contribution in [2.75, 3.05) is 20.1 Å². The van der Waals surface area contributed by atoms with Gasteiger partial charge in [-0.25, -0.2) is 4.79 Å². The number of piperidine rings is 1. The molecule has 6 heteroatoms. The fourth-order valence-corrected chi connectivity index (χ4v) is 3.65. The lowest BCUT2D eigenvalue weighted by molar-refractivity contribution is 0.119. The monoisotopic (exact) mass is 291 g/mol. The van der Waals surface area contributed by atoms with Crippen molar-refractivity contribution < 1.29 is 4.79 Å². The van der Waals surface area contributed by atoms with Gasteiger partial charge in [0.15, 0.2) is 0 Å². The molecule has 0 radical (unpaired) electrons. The molecule has 21 heavy (non-hydrogen) atoms. The average Bonchev–Trinajstić information content (AvgIpc) is 3.19. The van der Waals surface area contributed by atoms with E-state index in [1.54, 1.807) is 6.20 Å². The number of aromatic nitrogens is 3. The molecule has 1 aromatic rings. The van der Waals surface area contributed by atoms with Crippen LogP contribution in [0.2, 0.25) is 0 Å². The standard InChI is InChI=1S/C15H25N5O/c1-18(14-6-2-3-7-14)15(21)19-9-4-5-13(11-19)12-20-10-8-16-17-20/h8,10,13-14H,2-7,9,11-12H2,1H3. The van der Waals surface area contributed by atoms with Crippen molar-refractivity contribution in [2.24, 2.45) is 5.92 Å². The van der Waals surface area contributed by atoms with Gasteiger partial charge in [-0.3, -0.25) is 4.68 Å². The number of carbonyl (C=O) groups excluding carboxylic acids is 1. The smallest absolute Gasteiger partial charge is 0.319 e. The van der Waals surface area contributed by atoms with Crippen LogP contribution in [0.5, 0.6) is 0 Å². The molecule has 116 valence electrons. The molecule has 1 saturated carbocycles. The lowest BCUT2D eigenvalue weighted by Crippen LogP contribution is -2.49. The van der Waals surface area contributed by atoms with Crippen LogP contribution in [0.1, 0.15) is 38.5 Å². The highest BCUT2D eigenvalue weighted by molar-refractivity contribution is 5.74. The Morgan fingerprint density at radius 3 is 2.81 bits per heavy atom. The van der Waals surface area contributed by atoms with Crippen LogP contribution in [0.3, 0.4) is 0 Å². The van der Waals surface area contributed by atoms with Crippen LogP contribution in [-0.2, 0) is 6.54 Å². The van der Waals surface area contributed by atoms with E-state index in [0.29, 0.717) is 12.0 Å². The van der Waals surface area contributed by atoms with E-state index >= 15 is 0 Å². The van der Waals surface area contributed by atoms with Crippen molar-refractivity contribution >= 4 is 6.03 Å². The molecule has 0 N–H and O–H groups in total. The second kappa shape index (κ2) is 6.45. The van der Waals surface area contributed by atoms with Crippen molar-refractivity contribution in [2.45, 2.75) is 51.1 Å². The number of hydrogen-bond acceptors (Lipinski definition) is 3. The van der Waals surface area contributed by atoms with E-state index in [1.165, 1.54) is 25.7 Å². The summed E-state index contributed by atoms with van der Waals surface area (Å²) in [7, 11) is 1.97. The zero-order chi connectivity index (χ0) is 14.7. The van der Waals surface area contributed by atoms with Crippen LogP contribution in [-0.4, -0.2) is 57.0 Å². The highest BCUT2D eigenvalue weighted by Crippen LogP contribution is 2.25. The van der Waals surface area contributed by atoms with Gasteiger partial charge >= 0.3 is 6.03 Å². The Bertz CT molecular complexity index is 455. The Hall–Kier alpha value is -1.59. The molecule has 1 aliphatic carbocycles. The van der Waals surface area contributed by atoms with Gasteiger partial charge in [0.2, 0.25) is 0 Å². The van der Waals surface area contributed by atoms with Gasteiger partial charge in [-0.15, -0.1) is 5.10 Å². The summed E-state index contributed by atoms with van der Waals surface area (Å²) >= 11 is 0. The minimum atomic E-state index is 0.213. The Morgan fingerprint density at radius 1 is 1.29 bits per heavy atom. The molecule has 0 bridgehead atoms. The molecule has 2 heterocycles. The fraction of sp³-hybridized carbons (Fsp3) is 0.800. The molecule has 1 saturated heterocycles. The quantitative estimate of drug-likeness (QED) is 0.855. The molecule has 3 rings (SSSR count). The summed E-state index contributed by atoms with van der Waals surface area (Å²) in [6, 6.07) is 0.665. The van der Waals surface area contributed by atoms with E-state index in [4.69, 9.17) is 0 Å². The van der Waals surface area contributed by atoms with Gasteiger partial charge in [-0.1, -0.05) is 18.1 Å². The Labute approximate surface area is 126 Å². The normalized spacial score (nSPS) is 23.5. The first kappa shape index (κ1) is 14.4. The topological polar surface area (TPSA) is 54.3 Å². The van der Waals surface area contributed by atoms with E-state index in [9.17, 15) is 4.79 Å². The maximum Gasteiger partial charge on any atom is 0.319 e. The Balaban J connectivity index is 1.56. The predicted molar refractivity (Wildman–Crippen MR) is 79.7 cm³/mol. The third-order valence-corrected chi connectivity index (χ3v) is 4.88. The van der Waals surface area contributed by atoms with Gasteiger partial charge in [0.05, 0.1) is 6.20 Å². The second-order valence-electron chi connectivity index (χ2n) is 6.41. The zero-order valence-electron chi connectivity index (χ0n) is 12.8. The van der Waals surface area contributed by atoms with Crippen LogP contribution in [0.4, 0.5) is 4.79 Å². The molecule has 1 unspecified atom stereocenters.